The van der Waals surface area contributed by atoms with Crippen LogP contribution in [-0.2, 0) is 0 Å². The molecule has 86 valence electrons. The van der Waals surface area contributed by atoms with Crippen LogP contribution in [0.4, 0.5) is 0 Å². The van der Waals surface area contributed by atoms with E-state index >= 15 is 0 Å². The highest BCUT2D eigenvalue weighted by atomic mass is 16.5. The second-order valence-corrected chi connectivity index (χ2v) is 4.07. The topological polar surface area (TPSA) is 39.4 Å². The van der Waals surface area contributed by atoms with E-state index in [0.717, 1.165) is 17.4 Å². The molecule has 0 radical (unpaired) electrons. The van der Waals surface area contributed by atoms with Gasteiger partial charge < -0.3 is 9.15 Å². The van der Waals surface area contributed by atoms with Crippen LogP contribution >= 0.6 is 0 Å². The van der Waals surface area contributed by atoms with Crippen molar-refractivity contribution in [1.82, 2.24) is 0 Å². The largest absolute Gasteiger partial charge is 0.488 e. The fourth-order valence-corrected chi connectivity index (χ4v) is 2.03. The highest BCUT2D eigenvalue weighted by Crippen LogP contribution is 2.32. The molecule has 0 aliphatic carbocycles. The molecule has 1 aromatic heterocycles. The van der Waals surface area contributed by atoms with Gasteiger partial charge in [0, 0.05) is 0 Å². The standard InChI is InChI=1S/C14H12O3/c1-2-9-7-11-13(16-8-9)10-5-3-4-6-12(10)17-14(11)15/h3-7H,2,8H2,1H3. The highest BCUT2D eigenvalue weighted by molar-refractivity contribution is 5.87. The summed E-state index contributed by atoms with van der Waals surface area (Å²) in [4.78, 5) is 11.8. The molecule has 0 fully saturated rings. The normalized spacial score (nSPS) is 14.1. The van der Waals surface area contributed by atoms with Crippen LogP contribution in [0.2, 0.25) is 0 Å². The molecule has 2 aromatic rings. The van der Waals surface area contributed by atoms with Gasteiger partial charge in [0.05, 0.1) is 5.39 Å². The van der Waals surface area contributed by atoms with Gasteiger partial charge in [-0.15, -0.1) is 0 Å². The van der Waals surface area contributed by atoms with E-state index < -0.39 is 0 Å². The number of benzene rings is 1. The van der Waals surface area contributed by atoms with Gasteiger partial charge in [-0.1, -0.05) is 19.1 Å². The molecule has 1 aliphatic heterocycles. The van der Waals surface area contributed by atoms with Crippen molar-refractivity contribution in [2.45, 2.75) is 13.3 Å². The number of ether oxygens (including phenoxy) is 1. The van der Waals surface area contributed by atoms with Crippen molar-refractivity contribution in [2.75, 3.05) is 6.61 Å². The Hall–Kier alpha value is -2.03. The molecule has 3 nitrogen and oxygen atoms in total. The summed E-state index contributed by atoms with van der Waals surface area (Å²) in [5.41, 5.74) is 1.89. The zero-order valence-electron chi connectivity index (χ0n) is 9.53. The summed E-state index contributed by atoms with van der Waals surface area (Å²) in [5, 5.41) is 0.855. The molecule has 2 heterocycles. The Bertz CT molecular complexity index is 665. The fourth-order valence-electron chi connectivity index (χ4n) is 2.03. The summed E-state index contributed by atoms with van der Waals surface area (Å²) in [6.45, 7) is 2.60. The second kappa shape index (κ2) is 3.77. The van der Waals surface area contributed by atoms with E-state index in [2.05, 4.69) is 0 Å². The van der Waals surface area contributed by atoms with Crippen LogP contribution in [-0.4, -0.2) is 6.61 Å². The summed E-state index contributed by atoms with van der Waals surface area (Å²) < 4.78 is 11.0. The molecule has 0 saturated heterocycles. The van der Waals surface area contributed by atoms with E-state index in [1.807, 2.05) is 31.2 Å². The Morgan fingerprint density at radius 2 is 2.12 bits per heavy atom. The summed E-state index contributed by atoms with van der Waals surface area (Å²) >= 11 is 0. The van der Waals surface area contributed by atoms with Gasteiger partial charge >= 0.3 is 5.63 Å². The summed E-state index contributed by atoms with van der Waals surface area (Å²) in [6, 6.07) is 7.43. The zero-order chi connectivity index (χ0) is 11.8. The fraction of sp³-hybridized carbons (Fsp3) is 0.214. The van der Waals surface area contributed by atoms with Crippen LogP contribution in [0.3, 0.4) is 0 Å². The first-order valence-electron chi connectivity index (χ1n) is 5.67. The predicted molar refractivity (Wildman–Crippen MR) is 66.2 cm³/mol. The molecule has 0 N–H and O–H groups in total. The Morgan fingerprint density at radius 3 is 2.94 bits per heavy atom. The Morgan fingerprint density at radius 1 is 1.29 bits per heavy atom. The van der Waals surface area contributed by atoms with Crippen molar-refractivity contribution in [2.24, 2.45) is 0 Å². The van der Waals surface area contributed by atoms with Crippen molar-refractivity contribution in [1.29, 1.82) is 0 Å². The molecule has 1 aromatic carbocycles. The second-order valence-electron chi connectivity index (χ2n) is 4.07. The van der Waals surface area contributed by atoms with Crippen molar-refractivity contribution >= 4 is 17.0 Å². The lowest BCUT2D eigenvalue weighted by Gasteiger charge is -2.17. The first-order valence-corrected chi connectivity index (χ1v) is 5.67. The maximum Gasteiger partial charge on any atom is 0.347 e. The van der Waals surface area contributed by atoms with Crippen molar-refractivity contribution in [3.63, 3.8) is 0 Å². The predicted octanol–water partition coefficient (Wildman–Crippen LogP) is 2.98. The van der Waals surface area contributed by atoms with Crippen LogP contribution in [0.25, 0.3) is 17.0 Å². The molecule has 0 saturated carbocycles. The first-order chi connectivity index (χ1) is 8.29. The van der Waals surface area contributed by atoms with E-state index in [4.69, 9.17) is 9.15 Å². The molecular weight excluding hydrogens is 216 g/mol. The van der Waals surface area contributed by atoms with Crippen LogP contribution < -0.4 is 10.4 Å². The number of para-hydroxylation sites is 1. The highest BCUT2D eigenvalue weighted by Gasteiger charge is 2.18. The first kappa shape index (κ1) is 10.1. The molecule has 0 atom stereocenters. The lowest BCUT2D eigenvalue weighted by atomic mass is 10.1. The average Bonchev–Trinajstić information content (AvgIpc) is 2.38. The Labute approximate surface area is 98.3 Å². The minimum atomic E-state index is -0.329. The number of hydrogen-bond donors (Lipinski definition) is 0. The van der Waals surface area contributed by atoms with Crippen molar-refractivity contribution in [3.05, 3.63) is 45.8 Å². The third kappa shape index (κ3) is 1.55. The molecule has 17 heavy (non-hydrogen) atoms. The number of hydrogen-bond acceptors (Lipinski definition) is 3. The molecule has 3 rings (SSSR count). The lowest BCUT2D eigenvalue weighted by molar-refractivity contribution is 0.343. The SMILES string of the molecule is CCC1=Cc2c(c3ccccc3oc2=O)OC1. The zero-order valence-corrected chi connectivity index (χ0v) is 9.53. The summed E-state index contributed by atoms with van der Waals surface area (Å²) in [6.07, 6.45) is 2.77. The van der Waals surface area contributed by atoms with Crippen LogP contribution in [0.15, 0.2) is 39.1 Å². The maximum atomic E-state index is 11.8. The van der Waals surface area contributed by atoms with Crippen molar-refractivity contribution < 1.29 is 9.15 Å². The van der Waals surface area contributed by atoms with Crippen molar-refractivity contribution in [3.8, 4) is 5.75 Å². The van der Waals surface area contributed by atoms with E-state index in [0.29, 0.717) is 23.5 Å². The van der Waals surface area contributed by atoms with Crippen LogP contribution in [0.5, 0.6) is 5.75 Å². The Balaban J connectivity index is 2.37. The lowest BCUT2D eigenvalue weighted by Crippen LogP contribution is -2.14. The van der Waals surface area contributed by atoms with E-state index in [1.54, 1.807) is 6.07 Å². The quantitative estimate of drug-likeness (QED) is 0.704. The van der Waals surface area contributed by atoms with E-state index in [9.17, 15) is 4.79 Å². The van der Waals surface area contributed by atoms with E-state index in [1.165, 1.54) is 0 Å². The number of fused-ring (bicyclic) bond motifs is 3. The summed E-state index contributed by atoms with van der Waals surface area (Å²) in [7, 11) is 0. The van der Waals surface area contributed by atoms with Crippen LogP contribution in [0, 0.1) is 0 Å². The summed E-state index contributed by atoms with van der Waals surface area (Å²) in [5.74, 6) is 0.647. The molecular formula is C14H12O3. The molecule has 1 aliphatic rings. The smallest absolute Gasteiger partial charge is 0.347 e. The minimum Gasteiger partial charge on any atom is -0.488 e. The van der Waals surface area contributed by atoms with Gasteiger partial charge in [0.25, 0.3) is 0 Å². The molecule has 0 spiro atoms. The minimum absolute atomic E-state index is 0.329. The monoisotopic (exact) mass is 228 g/mol. The third-order valence-electron chi connectivity index (χ3n) is 3.00. The van der Waals surface area contributed by atoms with Crippen LogP contribution in [0.1, 0.15) is 18.9 Å². The molecule has 0 bridgehead atoms. The van der Waals surface area contributed by atoms with Gasteiger partial charge in [0.15, 0.2) is 0 Å². The van der Waals surface area contributed by atoms with Gasteiger partial charge in [0.1, 0.15) is 23.5 Å². The molecule has 0 amide bonds. The van der Waals surface area contributed by atoms with Gasteiger partial charge in [-0.05, 0) is 30.2 Å². The van der Waals surface area contributed by atoms with Gasteiger partial charge in [-0.25, -0.2) is 4.79 Å². The maximum absolute atomic E-state index is 11.8. The molecule has 0 unspecified atom stereocenters. The average molecular weight is 228 g/mol. The molecule has 3 heteroatoms. The van der Waals surface area contributed by atoms with E-state index in [-0.39, 0.29) is 5.63 Å². The third-order valence-corrected chi connectivity index (χ3v) is 3.00. The van der Waals surface area contributed by atoms with Gasteiger partial charge in [-0.3, -0.25) is 0 Å². The Kier molecular flexibility index (Phi) is 2.25. The van der Waals surface area contributed by atoms with Gasteiger partial charge in [-0.2, -0.15) is 0 Å². The van der Waals surface area contributed by atoms with Gasteiger partial charge in [0.2, 0.25) is 0 Å². The number of rotatable bonds is 1.